The number of amides is 1. The first-order valence-electron chi connectivity index (χ1n) is 8.50. The number of nitrogens with one attached hydrogen (secondary N) is 2. The lowest BCUT2D eigenvalue weighted by Gasteiger charge is -2.38. The number of aromatic nitrogens is 3. The summed E-state index contributed by atoms with van der Waals surface area (Å²) >= 11 is 0. The molecule has 0 spiro atoms. The van der Waals surface area contributed by atoms with Crippen LogP contribution in [0.2, 0.25) is 0 Å². The number of H-pyrrole nitrogens is 1. The quantitative estimate of drug-likeness (QED) is 0.799. The number of carbonyl (C=O) groups is 1. The molecule has 0 radical (unpaired) electrons. The molecule has 3 rings (SSSR count). The van der Waals surface area contributed by atoms with Crippen molar-refractivity contribution in [2.45, 2.75) is 39.3 Å². The van der Waals surface area contributed by atoms with Crippen LogP contribution in [0.1, 0.15) is 25.1 Å². The second kappa shape index (κ2) is 9.82. The normalized spacial score (nSPS) is 19.0. The molecule has 2 aromatic rings. The van der Waals surface area contributed by atoms with Crippen molar-refractivity contribution in [2.24, 2.45) is 0 Å². The van der Waals surface area contributed by atoms with E-state index in [0.717, 1.165) is 12.1 Å². The maximum atomic E-state index is 12.7. The fraction of sp³-hybridized carbons (Fsp3) is 0.444. The Kier molecular flexibility index (Phi) is 8.40. The van der Waals surface area contributed by atoms with Gasteiger partial charge in [0.1, 0.15) is 5.82 Å². The number of rotatable bonds is 3. The smallest absolute Gasteiger partial charge is 0.255 e. The van der Waals surface area contributed by atoms with Gasteiger partial charge < -0.3 is 15.2 Å². The molecule has 2 N–H and O–H groups in total. The summed E-state index contributed by atoms with van der Waals surface area (Å²) in [4.78, 5) is 38.3. The molecule has 9 heteroatoms. The van der Waals surface area contributed by atoms with Crippen LogP contribution in [-0.4, -0.2) is 50.9 Å². The van der Waals surface area contributed by atoms with Gasteiger partial charge in [0.05, 0.1) is 6.42 Å². The largest absolute Gasteiger partial charge is 0.337 e. The van der Waals surface area contributed by atoms with Crippen LogP contribution in [0, 0.1) is 6.92 Å². The monoisotopic (exact) mass is 413 g/mol. The van der Waals surface area contributed by atoms with Gasteiger partial charge in [-0.15, -0.1) is 24.8 Å². The predicted octanol–water partition coefficient (Wildman–Crippen LogP) is 1.74. The highest BCUT2D eigenvalue weighted by Crippen LogP contribution is 2.15. The maximum absolute atomic E-state index is 12.7. The summed E-state index contributed by atoms with van der Waals surface area (Å²) in [6.07, 6.45) is 3.38. The summed E-state index contributed by atoms with van der Waals surface area (Å²) in [5.74, 6) is 0.432. The van der Waals surface area contributed by atoms with Crippen molar-refractivity contribution in [3.63, 3.8) is 0 Å². The van der Waals surface area contributed by atoms with E-state index in [1.165, 1.54) is 0 Å². The fourth-order valence-electron chi connectivity index (χ4n) is 3.12. The number of aromatic amines is 1. The maximum Gasteiger partial charge on any atom is 0.255 e. The van der Waals surface area contributed by atoms with Crippen LogP contribution < -0.4 is 10.9 Å². The third-order valence-corrected chi connectivity index (χ3v) is 4.84. The molecular weight excluding hydrogens is 389 g/mol. The predicted molar refractivity (Wildman–Crippen MR) is 110 cm³/mol. The van der Waals surface area contributed by atoms with E-state index in [4.69, 9.17) is 0 Å². The zero-order valence-electron chi connectivity index (χ0n) is 15.6. The molecule has 2 aromatic heterocycles. The van der Waals surface area contributed by atoms with Crippen molar-refractivity contribution in [1.82, 2.24) is 25.2 Å². The van der Waals surface area contributed by atoms with E-state index < -0.39 is 0 Å². The van der Waals surface area contributed by atoms with Crippen LogP contribution in [0.25, 0.3) is 11.4 Å². The third-order valence-electron chi connectivity index (χ3n) is 4.84. The van der Waals surface area contributed by atoms with Crippen LogP contribution in [0.15, 0.2) is 29.3 Å². The number of carbonyl (C=O) groups excluding carboxylic acids is 1. The van der Waals surface area contributed by atoms with Crippen molar-refractivity contribution in [3.8, 4) is 11.4 Å². The lowest BCUT2D eigenvalue weighted by atomic mass is 10.0. The molecule has 27 heavy (non-hydrogen) atoms. The van der Waals surface area contributed by atoms with E-state index >= 15 is 0 Å². The van der Waals surface area contributed by atoms with E-state index in [1.807, 2.05) is 17.9 Å². The van der Waals surface area contributed by atoms with Gasteiger partial charge in [-0.3, -0.25) is 14.6 Å². The van der Waals surface area contributed by atoms with Crippen molar-refractivity contribution >= 4 is 30.7 Å². The van der Waals surface area contributed by atoms with Crippen LogP contribution in [0.3, 0.4) is 0 Å². The van der Waals surface area contributed by atoms with E-state index in [-0.39, 0.29) is 54.8 Å². The molecule has 0 aromatic carbocycles. The Hall–Kier alpha value is -1.96. The lowest BCUT2D eigenvalue weighted by Crippen LogP contribution is -2.57. The summed E-state index contributed by atoms with van der Waals surface area (Å²) in [7, 11) is 0. The minimum Gasteiger partial charge on any atom is -0.337 e. The molecule has 1 aliphatic rings. The number of halogens is 2. The SMILES string of the molecule is Cc1nc(-c2cccnc2)[nH]c(=O)c1CC(=O)N1CCNC(C)C1C.Cl.Cl. The van der Waals surface area contributed by atoms with Crippen molar-refractivity contribution in [1.29, 1.82) is 0 Å². The Morgan fingerprint density at radius 1 is 1.33 bits per heavy atom. The Labute approximate surface area is 170 Å². The highest BCUT2D eigenvalue weighted by molar-refractivity contribution is 5.85. The summed E-state index contributed by atoms with van der Waals surface area (Å²) in [6, 6.07) is 3.96. The first-order chi connectivity index (χ1) is 12.0. The molecule has 0 aliphatic carbocycles. The van der Waals surface area contributed by atoms with Gasteiger partial charge >= 0.3 is 0 Å². The number of hydrogen-bond acceptors (Lipinski definition) is 5. The van der Waals surface area contributed by atoms with E-state index in [2.05, 4.69) is 27.2 Å². The molecule has 0 saturated carbocycles. The van der Waals surface area contributed by atoms with Crippen LogP contribution in [0.5, 0.6) is 0 Å². The second-order valence-electron chi connectivity index (χ2n) is 6.47. The molecule has 2 unspecified atom stereocenters. The molecule has 1 aliphatic heterocycles. The van der Waals surface area contributed by atoms with Gasteiger partial charge in [-0.1, -0.05) is 0 Å². The topological polar surface area (TPSA) is 91.0 Å². The van der Waals surface area contributed by atoms with Gasteiger partial charge in [0, 0.05) is 54.4 Å². The summed E-state index contributed by atoms with van der Waals surface area (Å²) < 4.78 is 0. The third kappa shape index (κ3) is 5.06. The Balaban J connectivity index is 0.00000182. The average Bonchev–Trinajstić information content (AvgIpc) is 2.61. The Morgan fingerprint density at radius 2 is 2.07 bits per heavy atom. The molecule has 2 atom stereocenters. The standard InChI is InChI=1S/C18H23N5O2.2ClH/c1-11-13(3)23(8-7-20-11)16(24)9-15-12(2)21-17(22-18(15)25)14-5-4-6-19-10-14;;/h4-6,10-11,13,20H,7-9H2,1-3H3,(H,21,22,25);2*1H. The number of nitrogens with zero attached hydrogens (tertiary/aromatic N) is 3. The Morgan fingerprint density at radius 3 is 2.70 bits per heavy atom. The molecule has 1 fully saturated rings. The summed E-state index contributed by atoms with van der Waals surface area (Å²) in [5.41, 5.74) is 1.48. The number of hydrogen-bond donors (Lipinski definition) is 2. The molecule has 7 nitrogen and oxygen atoms in total. The highest BCUT2D eigenvalue weighted by atomic mass is 35.5. The van der Waals surface area contributed by atoms with Crippen LogP contribution >= 0.6 is 24.8 Å². The molecule has 3 heterocycles. The molecule has 1 saturated heterocycles. The highest BCUT2D eigenvalue weighted by Gasteiger charge is 2.28. The zero-order valence-corrected chi connectivity index (χ0v) is 17.2. The molecular formula is C18H25Cl2N5O2. The van der Waals surface area contributed by atoms with Crippen molar-refractivity contribution < 1.29 is 4.79 Å². The van der Waals surface area contributed by atoms with Crippen LogP contribution in [-0.2, 0) is 11.2 Å². The number of aryl methyl sites for hydroxylation is 1. The summed E-state index contributed by atoms with van der Waals surface area (Å²) in [5, 5.41) is 3.35. The van der Waals surface area contributed by atoms with Gasteiger partial charge in [0.2, 0.25) is 5.91 Å². The molecule has 1 amide bonds. The minimum atomic E-state index is -0.268. The van der Waals surface area contributed by atoms with Gasteiger partial charge in [0.15, 0.2) is 0 Å². The van der Waals surface area contributed by atoms with Gasteiger partial charge in [-0.2, -0.15) is 0 Å². The van der Waals surface area contributed by atoms with Gasteiger partial charge in [-0.25, -0.2) is 4.98 Å². The molecule has 148 valence electrons. The second-order valence-corrected chi connectivity index (χ2v) is 6.47. The summed E-state index contributed by atoms with van der Waals surface area (Å²) in [6.45, 7) is 7.27. The minimum absolute atomic E-state index is 0. The number of pyridine rings is 1. The van der Waals surface area contributed by atoms with Crippen LogP contribution in [0.4, 0.5) is 0 Å². The lowest BCUT2D eigenvalue weighted by molar-refractivity contribution is -0.134. The van der Waals surface area contributed by atoms with E-state index in [9.17, 15) is 9.59 Å². The molecule has 0 bridgehead atoms. The van der Waals surface area contributed by atoms with Gasteiger partial charge in [0.25, 0.3) is 5.56 Å². The van der Waals surface area contributed by atoms with Crippen molar-refractivity contribution in [2.75, 3.05) is 13.1 Å². The average molecular weight is 414 g/mol. The first-order valence-corrected chi connectivity index (χ1v) is 8.50. The van der Waals surface area contributed by atoms with E-state index in [1.54, 1.807) is 25.4 Å². The fourth-order valence-corrected chi connectivity index (χ4v) is 3.12. The van der Waals surface area contributed by atoms with Gasteiger partial charge in [-0.05, 0) is 32.9 Å². The Bertz CT molecular complexity index is 828. The zero-order chi connectivity index (χ0) is 18.0. The van der Waals surface area contributed by atoms with Crippen molar-refractivity contribution in [3.05, 3.63) is 46.1 Å². The van der Waals surface area contributed by atoms with E-state index in [0.29, 0.717) is 23.6 Å². The number of piperazine rings is 1. The first kappa shape index (κ1) is 23.1.